The quantitative estimate of drug-likeness (QED) is 0.130. The zero-order chi connectivity index (χ0) is 35.5. The van der Waals surface area contributed by atoms with Gasteiger partial charge in [-0.25, -0.2) is 8.42 Å². The number of methoxy groups -OCH3 is 1. The molecule has 0 heterocycles. The minimum Gasteiger partial charge on any atom is -0.497 e. The van der Waals surface area contributed by atoms with Gasteiger partial charge in [0.1, 0.15) is 29.8 Å². The molecular weight excluding hydrogens is 651 g/mol. The van der Waals surface area contributed by atoms with Crippen LogP contribution in [0.1, 0.15) is 23.6 Å². The predicted molar refractivity (Wildman–Crippen MR) is 195 cm³/mol. The maximum Gasteiger partial charge on any atom is 0.264 e. The van der Waals surface area contributed by atoms with E-state index in [4.69, 9.17) is 9.47 Å². The Balaban J connectivity index is 1.56. The van der Waals surface area contributed by atoms with Gasteiger partial charge in [0.2, 0.25) is 11.8 Å². The SMILES string of the molecule is CCNC(=O)[C@H](Cc1ccccc1)N(Cc1cccc(OC)c1)C(=O)CN(c1ccc(Oc2ccccc2)cc1)S(=O)(=O)c1ccc(C)cc1. The molecule has 5 aromatic carbocycles. The number of carbonyl (C=O) groups is 2. The number of sulfonamides is 1. The Morgan fingerprint density at radius 3 is 1.98 bits per heavy atom. The zero-order valence-corrected chi connectivity index (χ0v) is 29.2. The fraction of sp³-hybridized carbons (Fsp3) is 0.200. The molecule has 0 saturated carbocycles. The number of amides is 2. The molecule has 0 saturated heterocycles. The highest BCUT2D eigenvalue weighted by molar-refractivity contribution is 7.92. The van der Waals surface area contributed by atoms with Crippen molar-refractivity contribution in [3.8, 4) is 17.2 Å². The predicted octanol–water partition coefficient (Wildman–Crippen LogP) is 6.77. The molecule has 5 rings (SSSR count). The summed E-state index contributed by atoms with van der Waals surface area (Å²) < 4.78 is 41.1. The van der Waals surface area contributed by atoms with Gasteiger partial charge in [-0.05, 0) is 85.6 Å². The van der Waals surface area contributed by atoms with E-state index in [1.54, 1.807) is 55.6 Å². The lowest BCUT2D eigenvalue weighted by atomic mass is 10.0. The Morgan fingerprint density at radius 2 is 1.34 bits per heavy atom. The van der Waals surface area contributed by atoms with Crippen molar-refractivity contribution in [1.29, 1.82) is 0 Å². The van der Waals surface area contributed by atoms with Crippen molar-refractivity contribution >= 4 is 27.5 Å². The summed E-state index contributed by atoms with van der Waals surface area (Å²) in [6, 6.07) is 37.9. The summed E-state index contributed by atoms with van der Waals surface area (Å²) in [7, 11) is -2.69. The molecule has 10 heteroatoms. The Bertz CT molecular complexity index is 1970. The van der Waals surface area contributed by atoms with Crippen molar-refractivity contribution in [1.82, 2.24) is 10.2 Å². The third-order valence-corrected chi connectivity index (χ3v) is 9.89. The fourth-order valence-corrected chi connectivity index (χ4v) is 6.90. The van der Waals surface area contributed by atoms with E-state index in [1.165, 1.54) is 17.0 Å². The van der Waals surface area contributed by atoms with E-state index in [9.17, 15) is 18.0 Å². The standard InChI is InChI=1S/C40H41N3O6S/c1-4-41-40(45)38(27-31-12-7-5-8-13-31)42(28-32-14-11-17-36(26-32)48-3)39(44)29-43(50(46,47)37-24-18-30(2)19-25-37)33-20-22-35(23-21-33)49-34-15-9-6-10-16-34/h5-26,38H,4,27-29H2,1-3H3,(H,41,45)/t38-/m0/s1. The van der Waals surface area contributed by atoms with Gasteiger partial charge >= 0.3 is 0 Å². The third kappa shape index (κ3) is 9.09. The number of aryl methyl sites for hydroxylation is 1. The number of rotatable bonds is 15. The van der Waals surface area contributed by atoms with E-state index in [2.05, 4.69) is 5.32 Å². The molecule has 0 aliphatic carbocycles. The van der Waals surface area contributed by atoms with Crippen molar-refractivity contribution < 1.29 is 27.5 Å². The molecule has 50 heavy (non-hydrogen) atoms. The van der Waals surface area contributed by atoms with Crippen molar-refractivity contribution in [2.24, 2.45) is 0 Å². The lowest BCUT2D eigenvalue weighted by molar-refractivity contribution is -0.140. The summed E-state index contributed by atoms with van der Waals surface area (Å²) >= 11 is 0. The van der Waals surface area contributed by atoms with Crippen LogP contribution < -0.4 is 19.1 Å². The number of para-hydroxylation sites is 1. The smallest absolute Gasteiger partial charge is 0.264 e. The van der Waals surface area contributed by atoms with Gasteiger partial charge in [0.25, 0.3) is 10.0 Å². The van der Waals surface area contributed by atoms with Gasteiger partial charge in [-0.2, -0.15) is 0 Å². The van der Waals surface area contributed by atoms with Gasteiger partial charge in [0.05, 0.1) is 17.7 Å². The minimum atomic E-state index is -4.25. The van der Waals surface area contributed by atoms with Crippen LogP contribution in [-0.4, -0.2) is 51.4 Å². The van der Waals surface area contributed by atoms with Gasteiger partial charge < -0.3 is 19.7 Å². The first-order valence-corrected chi connectivity index (χ1v) is 17.8. The van der Waals surface area contributed by atoms with E-state index in [-0.39, 0.29) is 29.5 Å². The molecule has 0 spiro atoms. The number of hydrogen-bond acceptors (Lipinski definition) is 6. The number of hydrogen-bond donors (Lipinski definition) is 1. The Morgan fingerprint density at radius 1 is 0.740 bits per heavy atom. The first kappa shape index (κ1) is 35.7. The van der Waals surface area contributed by atoms with Crippen LogP contribution in [0, 0.1) is 6.92 Å². The molecule has 1 atom stereocenters. The third-order valence-electron chi connectivity index (χ3n) is 8.10. The van der Waals surface area contributed by atoms with E-state index in [0.29, 0.717) is 23.8 Å². The lowest BCUT2D eigenvalue weighted by Crippen LogP contribution is -2.53. The average molecular weight is 692 g/mol. The van der Waals surface area contributed by atoms with E-state index in [1.807, 2.05) is 86.6 Å². The van der Waals surface area contributed by atoms with Gasteiger partial charge in [-0.15, -0.1) is 0 Å². The van der Waals surface area contributed by atoms with Crippen molar-refractivity contribution in [2.75, 3.05) is 24.5 Å². The summed E-state index contributed by atoms with van der Waals surface area (Å²) in [6.07, 6.45) is 0.221. The number of benzene rings is 5. The molecule has 2 amide bonds. The Labute approximate surface area is 294 Å². The number of ether oxygens (including phenoxy) is 2. The van der Waals surface area contributed by atoms with Crippen LogP contribution in [0.5, 0.6) is 17.2 Å². The molecule has 0 bridgehead atoms. The van der Waals surface area contributed by atoms with Crippen LogP contribution in [0.25, 0.3) is 0 Å². The molecule has 0 unspecified atom stereocenters. The number of nitrogens with one attached hydrogen (secondary N) is 1. The largest absolute Gasteiger partial charge is 0.497 e. The van der Waals surface area contributed by atoms with Crippen LogP contribution in [0.3, 0.4) is 0 Å². The lowest BCUT2D eigenvalue weighted by Gasteiger charge is -2.34. The Kier molecular flexibility index (Phi) is 11.9. The first-order valence-electron chi connectivity index (χ1n) is 16.3. The second-order valence-corrected chi connectivity index (χ2v) is 13.6. The summed E-state index contributed by atoms with van der Waals surface area (Å²) in [4.78, 5) is 29.9. The van der Waals surface area contributed by atoms with Gasteiger partial charge in [0, 0.05) is 19.5 Å². The van der Waals surface area contributed by atoms with Crippen molar-refractivity contribution in [3.63, 3.8) is 0 Å². The number of likely N-dealkylation sites (N-methyl/N-ethyl adjacent to an activating group) is 1. The zero-order valence-electron chi connectivity index (χ0n) is 28.4. The summed E-state index contributed by atoms with van der Waals surface area (Å²) in [6.45, 7) is 3.51. The number of anilines is 1. The van der Waals surface area contributed by atoms with Gasteiger partial charge in [-0.1, -0.05) is 78.4 Å². The molecule has 0 radical (unpaired) electrons. The van der Waals surface area contributed by atoms with E-state index >= 15 is 0 Å². The average Bonchev–Trinajstić information content (AvgIpc) is 3.13. The van der Waals surface area contributed by atoms with Gasteiger partial charge in [0.15, 0.2) is 0 Å². The van der Waals surface area contributed by atoms with Crippen molar-refractivity contribution in [2.45, 2.75) is 37.8 Å². The number of nitrogens with zero attached hydrogens (tertiary/aromatic N) is 2. The number of carbonyl (C=O) groups excluding carboxylic acids is 2. The van der Waals surface area contributed by atoms with E-state index in [0.717, 1.165) is 21.0 Å². The Hall–Kier alpha value is -5.61. The molecular formula is C40H41N3O6S. The molecule has 0 aliphatic rings. The fourth-order valence-electron chi connectivity index (χ4n) is 5.48. The van der Waals surface area contributed by atoms with E-state index < -0.39 is 28.5 Å². The van der Waals surface area contributed by atoms with Gasteiger partial charge in [-0.3, -0.25) is 13.9 Å². The van der Waals surface area contributed by atoms with Crippen LogP contribution in [0.2, 0.25) is 0 Å². The molecule has 5 aromatic rings. The van der Waals surface area contributed by atoms with Crippen LogP contribution >= 0.6 is 0 Å². The van der Waals surface area contributed by atoms with Crippen LogP contribution in [0.4, 0.5) is 5.69 Å². The van der Waals surface area contributed by atoms with Crippen LogP contribution in [0.15, 0.2) is 138 Å². The first-order chi connectivity index (χ1) is 24.2. The molecule has 0 aromatic heterocycles. The normalized spacial score (nSPS) is 11.7. The highest BCUT2D eigenvalue weighted by Crippen LogP contribution is 2.29. The van der Waals surface area contributed by atoms with Crippen LogP contribution in [-0.2, 0) is 32.6 Å². The molecule has 9 nitrogen and oxygen atoms in total. The molecule has 1 N–H and O–H groups in total. The monoisotopic (exact) mass is 691 g/mol. The second-order valence-electron chi connectivity index (χ2n) is 11.7. The molecule has 0 aliphatic heterocycles. The van der Waals surface area contributed by atoms with Crippen molar-refractivity contribution in [3.05, 3.63) is 150 Å². The maximum absolute atomic E-state index is 14.7. The molecule has 258 valence electrons. The maximum atomic E-state index is 14.7. The second kappa shape index (κ2) is 16.7. The highest BCUT2D eigenvalue weighted by Gasteiger charge is 2.34. The molecule has 0 fully saturated rings. The summed E-state index contributed by atoms with van der Waals surface area (Å²) in [5.74, 6) is 0.817. The minimum absolute atomic E-state index is 0.0319. The highest BCUT2D eigenvalue weighted by atomic mass is 32.2. The summed E-state index contributed by atoms with van der Waals surface area (Å²) in [5, 5.41) is 2.88. The topological polar surface area (TPSA) is 105 Å². The summed E-state index contributed by atoms with van der Waals surface area (Å²) in [5.41, 5.74) is 2.73.